The summed E-state index contributed by atoms with van der Waals surface area (Å²) in [6.45, 7) is 5.45. The van der Waals surface area contributed by atoms with Crippen LogP contribution in [0.5, 0.6) is 0 Å². The third-order valence-corrected chi connectivity index (χ3v) is 7.32. The van der Waals surface area contributed by atoms with E-state index in [0.29, 0.717) is 35.3 Å². The summed E-state index contributed by atoms with van der Waals surface area (Å²) in [4.78, 5) is 45.0. The van der Waals surface area contributed by atoms with E-state index >= 15 is 0 Å². The first-order valence-electron chi connectivity index (χ1n) is 12.9. The van der Waals surface area contributed by atoms with Crippen LogP contribution in [0.2, 0.25) is 0 Å². The van der Waals surface area contributed by atoms with Gasteiger partial charge in [-0.2, -0.15) is 0 Å². The summed E-state index contributed by atoms with van der Waals surface area (Å²) in [5.74, 6) is -0.354. The standard InChI is InChI=1S/C29H32N4O4S/c1-29(2,3)37-28(36)33-23(19-7-5-4-6-8-19)15-16-24(33)26(35)32-27-31-22(17-38-27)18-9-11-20(12-10-18)25(34)30-21-13-14-21/h4-12,17,21,23-24H,13-16H2,1-3H3,(H,30,34)(H,31,32,35)/t23-,24+/m1/s1. The van der Waals surface area contributed by atoms with Crippen LogP contribution >= 0.6 is 11.3 Å². The molecule has 1 aliphatic heterocycles. The molecule has 9 heteroatoms. The maximum atomic E-state index is 13.4. The molecule has 3 amide bonds. The quantitative estimate of drug-likeness (QED) is 0.419. The Bertz CT molecular complexity index is 1310. The Morgan fingerprint density at radius 3 is 2.34 bits per heavy atom. The molecular formula is C29H32N4O4S. The molecule has 1 aliphatic carbocycles. The number of carbonyl (C=O) groups is 3. The van der Waals surface area contributed by atoms with Gasteiger partial charge in [0.2, 0.25) is 5.91 Å². The lowest BCUT2D eigenvalue weighted by molar-refractivity contribution is -0.120. The molecule has 2 N–H and O–H groups in total. The maximum absolute atomic E-state index is 13.4. The van der Waals surface area contributed by atoms with E-state index in [2.05, 4.69) is 15.6 Å². The van der Waals surface area contributed by atoms with Crippen molar-refractivity contribution >= 4 is 34.4 Å². The predicted molar refractivity (Wildman–Crippen MR) is 147 cm³/mol. The molecule has 0 bridgehead atoms. The van der Waals surface area contributed by atoms with E-state index in [0.717, 1.165) is 24.0 Å². The molecule has 1 aromatic heterocycles. The summed E-state index contributed by atoms with van der Waals surface area (Å²) in [5, 5.41) is 8.20. The van der Waals surface area contributed by atoms with Crippen LogP contribution in [0.25, 0.3) is 11.3 Å². The minimum atomic E-state index is -0.680. The molecule has 2 aliphatic rings. The highest BCUT2D eigenvalue weighted by atomic mass is 32.1. The molecule has 1 saturated carbocycles. The molecule has 2 aromatic carbocycles. The van der Waals surface area contributed by atoms with Gasteiger partial charge in [-0.25, -0.2) is 9.78 Å². The van der Waals surface area contributed by atoms with Gasteiger partial charge in [0.15, 0.2) is 5.13 Å². The lowest BCUT2D eigenvalue weighted by Gasteiger charge is -2.32. The lowest BCUT2D eigenvalue weighted by Crippen LogP contribution is -2.46. The van der Waals surface area contributed by atoms with E-state index in [-0.39, 0.29) is 17.9 Å². The monoisotopic (exact) mass is 532 g/mol. The van der Waals surface area contributed by atoms with Crippen molar-refractivity contribution in [3.63, 3.8) is 0 Å². The van der Waals surface area contributed by atoms with Crippen LogP contribution in [0.1, 0.15) is 68.4 Å². The molecule has 198 valence electrons. The molecule has 5 rings (SSSR count). The van der Waals surface area contributed by atoms with E-state index in [4.69, 9.17) is 4.74 Å². The zero-order valence-electron chi connectivity index (χ0n) is 21.8. The van der Waals surface area contributed by atoms with Crippen molar-refractivity contribution in [2.75, 3.05) is 5.32 Å². The minimum absolute atomic E-state index is 0.0646. The number of anilines is 1. The van der Waals surface area contributed by atoms with Gasteiger partial charge in [0, 0.05) is 22.5 Å². The van der Waals surface area contributed by atoms with Crippen LogP contribution in [-0.4, -0.2) is 45.5 Å². The largest absolute Gasteiger partial charge is 0.444 e. The third kappa shape index (κ3) is 6.05. The number of amides is 3. The fourth-order valence-electron chi connectivity index (χ4n) is 4.58. The lowest BCUT2D eigenvalue weighted by atomic mass is 10.1. The molecule has 2 heterocycles. The summed E-state index contributed by atoms with van der Waals surface area (Å²) in [6.07, 6.45) is 2.76. The van der Waals surface area contributed by atoms with Gasteiger partial charge < -0.3 is 15.4 Å². The molecule has 0 radical (unpaired) electrons. The molecule has 0 spiro atoms. The van der Waals surface area contributed by atoms with E-state index < -0.39 is 17.7 Å². The number of rotatable bonds is 6. The minimum Gasteiger partial charge on any atom is -0.444 e. The van der Waals surface area contributed by atoms with Gasteiger partial charge in [-0.15, -0.1) is 11.3 Å². The predicted octanol–water partition coefficient (Wildman–Crippen LogP) is 5.78. The van der Waals surface area contributed by atoms with Crippen molar-refractivity contribution < 1.29 is 19.1 Å². The topological polar surface area (TPSA) is 101 Å². The Hall–Kier alpha value is -3.72. The zero-order chi connectivity index (χ0) is 26.9. The molecule has 38 heavy (non-hydrogen) atoms. The Morgan fingerprint density at radius 2 is 1.68 bits per heavy atom. The van der Waals surface area contributed by atoms with Gasteiger partial charge in [0.05, 0.1) is 11.7 Å². The summed E-state index contributed by atoms with van der Waals surface area (Å²) < 4.78 is 5.68. The summed E-state index contributed by atoms with van der Waals surface area (Å²) in [7, 11) is 0. The number of hydrogen-bond acceptors (Lipinski definition) is 6. The number of likely N-dealkylation sites (tertiary alicyclic amines) is 1. The SMILES string of the molecule is CC(C)(C)OC(=O)N1[C@@H](c2ccccc2)CC[C@H]1C(=O)Nc1nc(-c2ccc(C(=O)NC3CC3)cc2)cs1. The maximum Gasteiger partial charge on any atom is 0.411 e. The van der Waals surface area contributed by atoms with Gasteiger partial charge in [-0.1, -0.05) is 42.5 Å². The number of nitrogens with one attached hydrogen (secondary N) is 2. The average Bonchev–Trinajstić information content (AvgIpc) is 3.38. The van der Waals surface area contributed by atoms with Gasteiger partial charge in [0.1, 0.15) is 11.6 Å². The molecule has 3 aromatic rings. The second-order valence-electron chi connectivity index (χ2n) is 10.8. The van der Waals surface area contributed by atoms with E-state index in [1.807, 2.05) is 68.6 Å². The summed E-state index contributed by atoms with van der Waals surface area (Å²) in [6, 6.07) is 16.4. The van der Waals surface area contributed by atoms with Crippen LogP contribution in [0.4, 0.5) is 9.93 Å². The van der Waals surface area contributed by atoms with Crippen molar-refractivity contribution in [3.8, 4) is 11.3 Å². The van der Waals surface area contributed by atoms with Crippen LogP contribution in [0, 0.1) is 0 Å². The fraction of sp³-hybridized carbons (Fsp3) is 0.379. The molecule has 8 nitrogen and oxygen atoms in total. The molecule has 2 atom stereocenters. The Balaban J connectivity index is 1.29. The number of carbonyl (C=O) groups excluding carboxylic acids is 3. The highest BCUT2D eigenvalue weighted by Crippen LogP contribution is 2.38. The average molecular weight is 533 g/mol. The van der Waals surface area contributed by atoms with Crippen LogP contribution in [0.3, 0.4) is 0 Å². The van der Waals surface area contributed by atoms with E-state index in [1.165, 1.54) is 11.3 Å². The Morgan fingerprint density at radius 1 is 0.974 bits per heavy atom. The summed E-state index contributed by atoms with van der Waals surface area (Å²) in [5.41, 5.74) is 2.46. The van der Waals surface area contributed by atoms with Crippen molar-refractivity contribution in [2.24, 2.45) is 0 Å². The van der Waals surface area contributed by atoms with Crippen LogP contribution < -0.4 is 10.6 Å². The number of hydrogen-bond donors (Lipinski definition) is 2. The van der Waals surface area contributed by atoms with Crippen LogP contribution in [0.15, 0.2) is 60.0 Å². The van der Waals surface area contributed by atoms with Gasteiger partial charge >= 0.3 is 6.09 Å². The number of benzene rings is 2. The van der Waals surface area contributed by atoms with Crippen molar-refractivity contribution in [1.29, 1.82) is 0 Å². The Labute approximate surface area is 226 Å². The fourth-order valence-corrected chi connectivity index (χ4v) is 5.30. The second kappa shape index (κ2) is 10.6. The Kier molecular flexibility index (Phi) is 7.21. The van der Waals surface area contributed by atoms with E-state index in [1.54, 1.807) is 17.0 Å². The highest BCUT2D eigenvalue weighted by molar-refractivity contribution is 7.14. The summed E-state index contributed by atoms with van der Waals surface area (Å²) >= 11 is 1.32. The number of nitrogens with zero attached hydrogens (tertiary/aromatic N) is 2. The van der Waals surface area contributed by atoms with Crippen molar-refractivity contribution in [3.05, 3.63) is 71.1 Å². The molecule has 0 unspecified atom stereocenters. The van der Waals surface area contributed by atoms with Crippen molar-refractivity contribution in [1.82, 2.24) is 15.2 Å². The first-order valence-corrected chi connectivity index (χ1v) is 13.8. The first kappa shape index (κ1) is 25.9. The highest BCUT2D eigenvalue weighted by Gasteiger charge is 2.43. The molecule has 2 fully saturated rings. The second-order valence-corrected chi connectivity index (χ2v) is 11.6. The van der Waals surface area contributed by atoms with Gasteiger partial charge in [-0.05, 0) is 64.2 Å². The smallest absolute Gasteiger partial charge is 0.411 e. The molecular weight excluding hydrogens is 500 g/mol. The normalized spacial score (nSPS) is 19.2. The number of ether oxygens (including phenoxy) is 1. The zero-order valence-corrected chi connectivity index (χ0v) is 22.6. The van der Waals surface area contributed by atoms with Gasteiger partial charge in [0.25, 0.3) is 5.91 Å². The third-order valence-electron chi connectivity index (χ3n) is 6.57. The van der Waals surface area contributed by atoms with Crippen molar-refractivity contribution in [2.45, 2.75) is 70.2 Å². The first-order chi connectivity index (χ1) is 18.2. The molecule has 1 saturated heterocycles. The van der Waals surface area contributed by atoms with Crippen LogP contribution in [-0.2, 0) is 9.53 Å². The van der Waals surface area contributed by atoms with Gasteiger partial charge in [-0.3, -0.25) is 14.5 Å². The number of aromatic nitrogens is 1. The number of thiazole rings is 1. The van der Waals surface area contributed by atoms with E-state index in [9.17, 15) is 14.4 Å².